The van der Waals surface area contributed by atoms with Gasteiger partial charge in [-0.2, -0.15) is 0 Å². The Morgan fingerprint density at radius 1 is 0.968 bits per heavy atom. The summed E-state index contributed by atoms with van der Waals surface area (Å²) in [5.74, 6) is 0.646. The quantitative estimate of drug-likeness (QED) is 0.655. The van der Waals surface area contributed by atoms with Crippen LogP contribution < -0.4 is 15.4 Å². The van der Waals surface area contributed by atoms with Gasteiger partial charge in [0.2, 0.25) is 11.8 Å². The number of anilines is 1. The van der Waals surface area contributed by atoms with Crippen LogP contribution in [-0.4, -0.2) is 68.0 Å². The first kappa shape index (κ1) is 23.1. The average molecular weight is 445 g/mol. The summed E-state index contributed by atoms with van der Waals surface area (Å²) in [6.07, 6.45) is 0. The molecule has 2 N–H and O–H groups in total. The van der Waals surface area contributed by atoms with E-state index in [2.05, 4.69) is 20.4 Å². The maximum atomic E-state index is 12.5. The highest BCUT2D eigenvalue weighted by molar-refractivity contribution is 6.33. The number of methoxy groups -OCH3 is 1. The Hall–Kier alpha value is -2.61. The van der Waals surface area contributed by atoms with Crippen LogP contribution in [0.15, 0.2) is 48.5 Å². The lowest BCUT2D eigenvalue weighted by Gasteiger charge is -2.34. The second kappa shape index (κ2) is 11.1. The predicted octanol–water partition coefficient (Wildman–Crippen LogP) is 2.78. The molecular weight excluding hydrogens is 416 g/mol. The highest BCUT2D eigenvalue weighted by Gasteiger charge is 2.22. The highest BCUT2D eigenvalue weighted by Crippen LogP contribution is 2.24. The molecule has 3 rings (SSSR count). The number of amides is 2. The summed E-state index contributed by atoms with van der Waals surface area (Å²) in [5, 5.41) is 6.41. The van der Waals surface area contributed by atoms with Crippen LogP contribution in [0.2, 0.25) is 5.02 Å². The number of carbonyl (C=O) groups is 2. The number of halogens is 1. The van der Waals surface area contributed by atoms with Crippen LogP contribution in [0.4, 0.5) is 5.69 Å². The van der Waals surface area contributed by atoms with Gasteiger partial charge in [0.1, 0.15) is 5.75 Å². The van der Waals surface area contributed by atoms with E-state index in [9.17, 15) is 9.59 Å². The second-order valence-electron chi connectivity index (χ2n) is 7.61. The van der Waals surface area contributed by atoms with Crippen molar-refractivity contribution in [2.75, 3.05) is 51.7 Å². The number of hydrogen-bond acceptors (Lipinski definition) is 5. The van der Waals surface area contributed by atoms with Gasteiger partial charge in [-0.15, -0.1) is 0 Å². The molecule has 1 saturated heterocycles. The molecule has 7 nitrogen and oxygen atoms in total. The largest absolute Gasteiger partial charge is 0.496 e. The van der Waals surface area contributed by atoms with E-state index >= 15 is 0 Å². The van der Waals surface area contributed by atoms with E-state index in [4.69, 9.17) is 16.3 Å². The lowest BCUT2D eigenvalue weighted by Crippen LogP contribution is -2.51. The molecule has 2 aromatic carbocycles. The summed E-state index contributed by atoms with van der Waals surface area (Å²) < 4.78 is 5.38. The third kappa shape index (κ3) is 6.69. The number of nitrogens with one attached hydrogen (secondary N) is 2. The van der Waals surface area contributed by atoms with Crippen molar-refractivity contribution >= 4 is 29.1 Å². The zero-order valence-corrected chi connectivity index (χ0v) is 18.7. The monoisotopic (exact) mass is 444 g/mol. The van der Waals surface area contributed by atoms with Crippen LogP contribution in [0.3, 0.4) is 0 Å². The lowest BCUT2D eigenvalue weighted by atomic mass is 10.1. The van der Waals surface area contributed by atoms with Crippen molar-refractivity contribution in [1.82, 2.24) is 15.1 Å². The maximum absolute atomic E-state index is 12.5. The van der Waals surface area contributed by atoms with E-state index in [1.807, 2.05) is 43.3 Å². The molecule has 166 valence electrons. The Kier molecular flexibility index (Phi) is 8.28. The Bertz CT molecular complexity index is 900. The first-order chi connectivity index (χ1) is 15.0. The Morgan fingerprint density at radius 3 is 2.19 bits per heavy atom. The molecule has 0 saturated carbocycles. The normalized spacial score (nSPS) is 15.8. The van der Waals surface area contributed by atoms with Crippen molar-refractivity contribution in [1.29, 1.82) is 0 Å². The molecule has 8 heteroatoms. The summed E-state index contributed by atoms with van der Waals surface area (Å²) in [7, 11) is 1.63. The van der Waals surface area contributed by atoms with E-state index in [1.165, 1.54) is 0 Å². The number of piperazine rings is 1. The van der Waals surface area contributed by atoms with Gasteiger partial charge >= 0.3 is 0 Å². The fourth-order valence-electron chi connectivity index (χ4n) is 3.65. The third-order valence-corrected chi connectivity index (χ3v) is 5.66. The molecule has 1 heterocycles. The molecule has 1 aliphatic heterocycles. The van der Waals surface area contributed by atoms with E-state index in [1.54, 1.807) is 19.2 Å². The smallest absolute Gasteiger partial charge is 0.238 e. The number of carbonyl (C=O) groups excluding carboxylic acids is 2. The minimum Gasteiger partial charge on any atom is -0.496 e. The van der Waals surface area contributed by atoms with Gasteiger partial charge in [-0.3, -0.25) is 19.4 Å². The van der Waals surface area contributed by atoms with Crippen molar-refractivity contribution in [3.8, 4) is 5.75 Å². The molecule has 1 aliphatic rings. The molecule has 0 radical (unpaired) electrons. The topological polar surface area (TPSA) is 73.9 Å². The summed E-state index contributed by atoms with van der Waals surface area (Å²) in [6.45, 7) is 5.50. The molecular formula is C23H29ClN4O3. The van der Waals surface area contributed by atoms with Crippen LogP contribution in [0.1, 0.15) is 18.5 Å². The second-order valence-corrected chi connectivity index (χ2v) is 8.02. The van der Waals surface area contributed by atoms with Crippen molar-refractivity contribution < 1.29 is 14.3 Å². The Morgan fingerprint density at radius 2 is 1.55 bits per heavy atom. The lowest BCUT2D eigenvalue weighted by molar-refractivity contribution is -0.124. The summed E-state index contributed by atoms with van der Waals surface area (Å²) in [5.41, 5.74) is 1.57. The minimum atomic E-state index is -0.140. The molecule has 2 aromatic rings. The number of benzene rings is 2. The van der Waals surface area contributed by atoms with Crippen LogP contribution in [0.5, 0.6) is 5.75 Å². The first-order valence-electron chi connectivity index (χ1n) is 10.4. The standard InChI is InChI=1S/C23H29ClN4O3/c1-17(18-7-3-6-10-21(18)31-2)25-22(29)15-27-11-13-28(14-12-27)16-23(30)26-20-9-5-4-8-19(20)24/h3-10,17H,11-16H2,1-2H3,(H,25,29)(H,26,30). The molecule has 1 atom stereocenters. The van der Waals surface area contributed by atoms with Gasteiger partial charge in [-0.25, -0.2) is 0 Å². The maximum Gasteiger partial charge on any atom is 0.238 e. The van der Waals surface area contributed by atoms with Crippen LogP contribution >= 0.6 is 11.6 Å². The molecule has 2 amide bonds. The number of para-hydroxylation sites is 2. The number of nitrogens with zero attached hydrogens (tertiary/aromatic N) is 2. The van der Waals surface area contributed by atoms with E-state index < -0.39 is 0 Å². The van der Waals surface area contributed by atoms with E-state index in [0.717, 1.165) is 37.5 Å². The minimum absolute atomic E-state index is 0.0247. The zero-order chi connectivity index (χ0) is 22.2. The number of ether oxygens (including phenoxy) is 1. The fourth-order valence-corrected chi connectivity index (χ4v) is 3.84. The number of rotatable bonds is 8. The van der Waals surface area contributed by atoms with Gasteiger partial charge in [-0.05, 0) is 25.1 Å². The van der Waals surface area contributed by atoms with Gasteiger partial charge in [0.05, 0.1) is 37.0 Å². The van der Waals surface area contributed by atoms with E-state index in [0.29, 0.717) is 23.8 Å². The van der Waals surface area contributed by atoms with Crippen LogP contribution in [0.25, 0.3) is 0 Å². The van der Waals surface area contributed by atoms with Crippen molar-refractivity contribution in [2.45, 2.75) is 13.0 Å². The summed E-state index contributed by atoms with van der Waals surface area (Å²) in [6, 6.07) is 14.7. The van der Waals surface area contributed by atoms with Crippen molar-refractivity contribution in [3.05, 3.63) is 59.1 Å². The van der Waals surface area contributed by atoms with Gasteiger partial charge in [0.15, 0.2) is 0 Å². The van der Waals surface area contributed by atoms with Crippen LogP contribution in [-0.2, 0) is 9.59 Å². The van der Waals surface area contributed by atoms with Crippen molar-refractivity contribution in [3.63, 3.8) is 0 Å². The summed E-state index contributed by atoms with van der Waals surface area (Å²) >= 11 is 6.09. The highest BCUT2D eigenvalue weighted by atomic mass is 35.5. The molecule has 0 bridgehead atoms. The molecule has 1 fully saturated rings. The molecule has 0 aromatic heterocycles. The molecule has 0 aliphatic carbocycles. The Labute approximate surface area is 188 Å². The SMILES string of the molecule is COc1ccccc1C(C)NC(=O)CN1CCN(CC(=O)Nc2ccccc2Cl)CC1. The van der Waals surface area contributed by atoms with Gasteiger partial charge < -0.3 is 15.4 Å². The zero-order valence-electron chi connectivity index (χ0n) is 17.9. The molecule has 1 unspecified atom stereocenters. The van der Waals surface area contributed by atoms with Gasteiger partial charge in [0, 0.05) is 31.7 Å². The van der Waals surface area contributed by atoms with Gasteiger partial charge in [-0.1, -0.05) is 41.9 Å². The average Bonchev–Trinajstić information content (AvgIpc) is 2.76. The van der Waals surface area contributed by atoms with Gasteiger partial charge in [0.25, 0.3) is 0 Å². The van der Waals surface area contributed by atoms with Crippen molar-refractivity contribution in [2.24, 2.45) is 0 Å². The first-order valence-corrected chi connectivity index (χ1v) is 10.8. The summed E-state index contributed by atoms with van der Waals surface area (Å²) in [4.78, 5) is 29.0. The number of hydrogen-bond donors (Lipinski definition) is 2. The van der Waals surface area contributed by atoms with E-state index in [-0.39, 0.29) is 17.9 Å². The third-order valence-electron chi connectivity index (χ3n) is 5.33. The fraction of sp³-hybridized carbons (Fsp3) is 0.391. The predicted molar refractivity (Wildman–Crippen MR) is 123 cm³/mol. The molecule has 31 heavy (non-hydrogen) atoms. The molecule has 0 spiro atoms. The Balaban J connectivity index is 1.41. The van der Waals surface area contributed by atoms with Crippen LogP contribution in [0, 0.1) is 0 Å².